The van der Waals surface area contributed by atoms with E-state index >= 15 is 0 Å². The van der Waals surface area contributed by atoms with Gasteiger partial charge in [0.15, 0.2) is 9.84 Å². The van der Waals surface area contributed by atoms with E-state index < -0.39 is 9.84 Å². The SMILES string of the molecule is CC1=Nc2c(Nc3ccc([C@H]4CCCCO4)cc3S(C)(=O)=O)cc(Cc3cc4n(n3)CCOC4)nc2C1. The summed E-state index contributed by atoms with van der Waals surface area (Å²) in [5, 5.41) is 8.12. The van der Waals surface area contributed by atoms with Crippen LogP contribution in [0.3, 0.4) is 0 Å². The fraction of sp³-hybridized carbons (Fsp3) is 0.444. The highest BCUT2D eigenvalue weighted by molar-refractivity contribution is 7.90. The van der Waals surface area contributed by atoms with Gasteiger partial charge in [0.25, 0.3) is 0 Å². The molecule has 0 aliphatic carbocycles. The molecule has 0 bridgehead atoms. The number of nitrogens with zero attached hydrogens (tertiary/aromatic N) is 4. The minimum atomic E-state index is -3.49. The maximum Gasteiger partial charge on any atom is 0.177 e. The molecule has 0 radical (unpaired) electrons. The van der Waals surface area contributed by atoms with E-state index in [1.807, 2.05) is 29.8 Å². The van der Waals surface area contributed by atoms with Gasteiger partial charge in [-0.1, -0.05) is 6.07 Å². The number of anilines is 2. The molecule has 0 amide bonds. The number of rotatable bonds is 6. The van der Waals surface area contributed by atoms with Gasteiger partial charge < -0.3 is 14.8 Å². The normalized spacial score (nSPS) is 19.3. The Morgan fingerprint density at radius 1 is 1.11 bits per heavy atom. The van der Waals surface area contributed by atoms with Crippen molar-refractivity contribution in [1.29, 1.82) is 0 Å². The van der Waals surface area contributed by atoms with Crippen molar-refractivity contribution < 1.29 is 17.9 Å². The predicted octanol–water partition coefficient (Wildman–Crippen LogP) is 4.44. The third-order valence-electron chi connectivity index (χ3n) is 7.04. The van der Waals surface area contributed by atoms with Crippen LogP contribution in [0.1, 0.15) is 60.6 Å². The Balaban J connectivity index is 1.35. The summed E-state index contributed by atoms with van der Waals surface area (Å²) < 4.78 is 39.1. The molecular formula is C27H31N5O4S. The summed E-state index contributed by atoms with van der Waals surface area (Å²) in [6.45, 7) is 4.68. The van der Waals surface area contributed by atoms with Crippen molar-refractivity contribution in [1.82, 2.24) is 14.8 Å². The highest BCUT2D eigenvalue weighted by Crippen LogP contribution is 2.39. The van der Waals surface area contributed by atoms with E-state index in [-0.39, 0.29) is 11.0 Å². The van der Waals surface area contributed by atoms with Crippen molar-refractivity contribution in [2.75, 3.05) is 24.8 Å². The largest absolute Gasteiger partial charge is 0.374 e. The van der Waals surface area contributed by atoms with Crippen LogP contribution in [-0.4, -0.2) is 48.4 Å². The maximum absolute atomic E-state index is 12.8. The van der Waals surface area contributed by atoms with Crippen LogP contribution < -0.4 is 5.32 Å². The first-order valence-electron chi connectivity index (χ1n) is 12.8. The summed E-state index contributed by atoms with van der Waals surface area (Å²) in [7, 11) is -3.49. The van der Waals surface area contributed by atoms with E-state index in [2.05, 4.69) is 11.4 Å². The molecular weight excluding hydrogens is 490 g/mol. The second-order valence-electron chi connectivity index (χ2n) is 10.1. The first kappa shape index (κ1) is 24.3. The number of aliphatic imine (C=N–C) groups is 1. The minimum Gasteiger partial charge on any atom is -0.374 e. The molecule has 1 fully saturated rings. The van der Waals surface area contributed by atoms with Crippen LogP contribution in [0.25, 0.3) is 0 Å². The second kappa shape index (κ2) is 9.66. The van der Waals surface area contributed by atoms with Gasteiger partial charge in [-0.25, -0.2) is 8.42 Å². The molecule has 1 atom stereocenters. The van der Waals surface area contributed by atoms with Crippen LogP contribution in [0.5, 0.6) is 0 Å². The molecule has 37 heavy (non-hydrogen) atoms. The van der Waals surface area contributed by atoms with Crippen molar-refractivity contribution >= 4 is 32.6 Å². The number of pyridine rings is 1. The fourth-order valence-corrected chi connectivity index (χ4v) is 6.15. The Kier molecular flexibility index (Phi) is 6.34. The van der Waals surface area contributed by atoms with E-state index in [0.717, 1.165) is 71.2 Å². The van der Waals surface area contributed by atoms with Gasteiger partial charge >= 0.3 is 0 Å². The Bertz CT molecular complexity index is 1470. The van der Waals surface area contributed by atoms with Crippen molar-refractivity contribution in [3.8, 4) is 0 Å². The van der Waals surface area contributed by atoms with Gasteiger partial charge in [0, 0.05) is 37.1 Å². The molecule has 3 aliphatic rings. The lowest BCUT2D eigenvalue weighted by atomic mass is 10.0. The van der Waals surface area contributed by atoms with Crippen LogP contribution in [-0.2, 0) is 45.3 Å². The standard InChI is InChI=1S/C27H31N5O4S/c1-17-11-23-27(28-17)24(15-19(29-23)13-20-14-21-16-35-10-8-32(21)31-20)30-22-7-6-18(12-26(22)37(2,33)34)25-5-3-4-9-36-25/h6-7,12,14-15,25H,3-5,8-11,13,16H2,1-2H3,(H,29,30)/t25-/m1/s1. The number of sulfone groups is 1. The summed E-state index contributed by atoms with van der Waals surface area (Å²) in [5.74, 6) is 0. The van der Waals surface area contributed by atoms with E-state index in [1.54, 1.807) is 6.07 Å². The van der Waals surface area contributed by atoms with Gasteiger partial charge in [-0.2, -0.15) is 5.10 Å². The lowest BCUT2D eigenvalue weighted by Crippen LogP contribution is -2.16. The first-order valence-corrected chi connectivity index (χ1v) is 14.7. The molecule has 1 N–H and O–H groups in total. The number of ether oxygens (including phenoxy) is 2. The number of hydrogen-bond acceptors (Lipinski definition) is 8. The molecule has 5 heterocycles. The van der Waals surface area contributed by atoms with E-state index in [1.165, 1.54) is 6.26 Å². The number of benzene rings is 1. The Morgan fingerprint density at radius 3 is 2.78 bits per heavy atom. The van der Waals surface area contributed by atoms with Crippen LogP contribution in [0, 0.1) is 0 Å². The van der Waals surface area contributed by atoms with Gasteiger partial charge in [0.2, 0.25) is 0 Å². The highest BCUT2D eigenvalue weighted by Gasteiger charge is 2.24. The van der Waals surface area contributed by atoms with Gasteiger partial charge in [0.1, 0.15) is 5.69 Å². The summed E-state index contributed by atoms with van der Waals surface area (Å²) in [5.41, 5.74) is 7.65. The molecule has 3 aliphatic heterocycles. The number of fused-ring (bicyclic) bond motifs is 2. The molecule has 0 saturated carbocycles. The summed E-state index contributed by atoms with van der Waals surface area (Å²) >= 11 is 0. The Morgan fingerprint density at radius 2 is 2.00 bits per heavy atom. The lowest BCUT2D eigenvalue weighted by molar-refractivity contribution is 0.0148. The molecule has 0 unspecified atom stereocenters. The Labute approximate surface area is 216 Å². The van der Waals surface area contributed by atoms with Crippen molar-refractivity contribution in [3.05, 3.63) is 58.7 Å². The molecule has 1 aromatic carbocycles. The topological polar surface area (TPSA) is 108 Å². The zero-order chi connectivity index (χ0) is 25.6. The van der Waals surface area contributed by atoms with Crippen LogP contribution in [0.4, 0.5) is 17.1 Å². The zero-order valence-corrected chi connectivity index (χ0v) is 22.0. The van der Waals surface area contributed by atoms with Crippen LogP contribution >= 0.6 is 0 Å². The average Bonchev–Trinajstić information content (AvgIpc) is 3.46. The molecule has 2 aromatic heterocycles. The van der Waals surface area contributed by atoms with Crippen LogP contribution in [0.15, 0.2) is 40.2 Å². The van der Waals surface area contributed by atoms with Crippen molar-refractivity contribution in [3.63, 3.8) is 0 Å². The van der Waals surface area contributed by atoms with E-state index in [0.29, 0.717) is 38.3 Å². The molecule has 0 spiro atoms. The maximum atomic E-state index is 12.8. The molecule has 1 saturated heterocycles. The van der Waals surface area contributed by atoms with Gasteiger partial charge in [-0.15, -0.1) is 0 Å². The lowest BCUT2D eigenvalue weighted by Gasteiger charge is -2.24. The quantitative estimate of drug-likeness (QED) is 0.511. The van der Waals surface area contributed by atoms with Crippen molar-refractivity contribution in [2.45, 2.75) is 63.2 Å². The minimum absolute atomic E-state index is 0.0709. The summed E-state index contributed by atoms with van der Waals surface area (Å²) in [6.07, 6.45) is 5.43. The number of nitrogens with one attached hydrogen (secondary N) is 1. The Hall–Kier alpha value is -3.08. The number of aromatic nitrogens is 3. The molecule has 10 heteroatoms. The predicted molar refractivity (Wildman–Crippen MR) is 141 cm³/mol. The molecule has 6 rings (SSSR count). The highest BCUT2D eigenvalue weighted by atomic mass is 32.2. The van der Waals surface area contributed by atoms with Crippen LogP contribution in [0.2, 0.25) is 0 Å². The van der Waals surface area contributed by atoms with Gasteiger partial charge in [0.05, 0.1) is 59.2 Å². The second-order valence-corrected chi connectivity index (χ2v) is 12.1. The van der Waals surface area contributed by atoms with Gasteiger partial charge in [-0.3, -0.25) is 14.7 Å². The summed E-state index contributed by atoms with van der Waals surface area (Å²) in [6, 6.07) is 9.58. The number of hydrogen-bond donors (Lipinski definition) is 1. The van der Waals surface area contributed by atoms with Crippen molar-refractivity contribution in [2.24, 2.45) is 4.99 Å². The molecule has 3 aromatic rings. The summed E-state index contributed by atoms with van der Waals surface area (Å²) in [4.78, 5) is 9.86. The first-order chi connectivity index (χ1) is 17.8. The zero-order valence-electron chi connectivity index (χ0n) is 21.2. The third kappa shape index (κ3) is 5.05. The third-order valence-corrected chi connectivity index (χ3v) is 8.18. The average molecular weight is 522 g/mol. The van der Waals surface area contributed by atoms with E-state index in [9.17, 15) is 8.42 Å². The monoisotopic (exact) mass is 521 g/mol. The molecule has 9 nitrogen and oxygen atoms in total. The van der Waals surface area contributed by atoms with E-state index in [4.69, 9.17) is 24.5 Å². The fourth-order valence-electron chi connectivity index (χ4n) is 5.28. The smallest absolute Gasteiger partial charge is 0.177 e. The molecule has 194 valence electrons. The van der Waals surface area contributed by atoms with Gasteiger partial charge in [-0.05, 0) is 56.0 Å².